The van der Waals surface area contributed by atoms with Gasteiger partial charge < -0.3 is 11.1 Å². The molecule has 1 aromatic rings. The third-order valence-electron chi connectivity index (χ3n) is 4.26. The molecule has 0 aromatic heterocycles. The molecular weight excluding hydrogens is 314 g/mol. The number of benzene rings is 1. The molecule has 1 saturated carbocycles. The van der Waals surface area contributed by atoms with Gasteiger partial charge in [0.15, 0.2) is 0 Å². The Morgan fingerprint density at radius 1 is 1.30 bits per heavy atom. The molecule has 1 aliphatic rings. The summed E-state index contributed by atoms with van der Waals surface area (Å²) in [5, 5.41) is 2.67. The van der Waals surface area contributed by atoms with Gasteiger partial charge in [-0.25, -0.2) is 8.42 Å². The maximum absolute atomic E-state index is 12.8. The van der Waals surface area contributed by atoms with E-state index in [1.807, 2.05) is 0 Å². The summed E-state index contributed by atoms with van der Waals surface area (Å²) in [4.78, 5) is 11.8. The number of anilines is 1. The molecule has 6 nitrogen and oxygen atoms in total. The van der Waals surface area contributed by atoms with Crippen molar-refractivity contribution in [2.24, 2.45) is 5.73 Å². The van der Waals surface area contributed by atoms with Crippen LogP contribution in [0.1, 0.15) is 38.5 Å². The van der Waals surface area contributed by atoms with Crippen LogP contribution in [-0.4, -0.2) is 38.3 Å². The van der Waals surface area contributed by atoms with Gasteiger partial charge in [-0.15, -0.1) is 0 Å². The minimum Gasteiger partial charge on any atom is -0.330 e. The van der Waals surface area contributed by atoms with Gasteiger partial charge in [0.1, 0.15) is 0 Å². The molecule has 2 rings (SSSR count). The molecule has 3 N–H and O–H groups in total. The Hall–Kier alpha value is -1.44. The lowest BCUT2D eigenvalue weighted by molar-refractivity contribution is -0.116. The molecule has 1 amide bonds. The molecule has 0 radical (unpaired) electrons. The van der Waals surface area contributed by atoms with Gasteiger partial charge in [-0.1, -0.05) is 25.3 Å². The monoisotopic (exact) mass is 339 g/mol. The van der Waals surface area contributed by atoms with E-state index in [2.05, 4.69) is 5.32 Å². The lowest BCUT2D eigenvalue weighted by Gasteiger charge is -2.30. The summed E-state index contributed by atoms with van der Waals surface area (Å²) in [6, 6.07) is 6.44. The number of rotatable bonds is 6. The topological polar surface area (TPSA) is 92.5 Å². The van der Waals surface area contributed by atoms with Gasteiger partial charge in [0.25, 0.3) is 0 Å². The summed E-state index contributed by atoms with van der Waals surface area (Å²) < 4.78 is 27.1. The minimum atomic E-state index is -3.55. The average molecular weight is 339 g/mol. The van der Waals surface area contributed by atoms with Crippen LogP contribution in [0.4, 0.5) is 5.69 Å². The molecule has 0 heterocycles. The average Bonchev–Trinajstić information content (AvgIpc) is 2.55. The van der Waals surface area contributed by atoms with Crippen molar-refractivity contribution in [1.29, 1.82) is 0 Å². The van der Waals surface area contributed by atoms with Crippen LogP contribution in [0.5, 0.6) is 0 Å². The first kappa shape index (κ1) is 17.9. The van der Waals surface area contributed by atoms with Crippen molar-refractivity contribution in [2.45, 2.75) is 49.5 Å². The number of carbonyl (C=O) groups is 1. The van der Waals surface area contributed by atoms with Gasteiger partial charge in [0.2, 0.25) is 15.9 Å². The molecule has 0 atom stereocenters. The normalized spacial score (nSPS) is 16.5. The predicted molar refractivity (Wildman–Crippen MR) is 90.6 cm³/mol. The largest absolute Gasteiger partial charge is 0.330 e. The van der Waals surface area contributed by atoms with E-state index in [1.54, 1.807) is 25.2 Å². The molecule has 1 aliphatic carbocycles. The first-order chi connectivity index (χ1) is 10.9. The molecule has 0 unspecified atom stereocenters. The van der Waals surface area contributed by atoms with E-state index in [1.165, 1.54) is 16.8 Å². The summed E-state index contributed by atoms with van der Waals surface area (Å²) in [5.41, 5.74) is 5.81. The van der Waals surface area contributed by atoms with Gasteiger partial charge in [-0.05, 0) is 31.0 Å². The lowest BCUT2D eigenvalue weighted by Crippen LogP contribution is -2.38. The number of hydrogen-bond donors (Lipinski definition) is 2. The summed E-state index contributed by atoms with van der Waals surface area (Å²) in [6.07, 6.45) is 5.33. The molecule has 7 heteroatoms. The van der Waals surface area contributed by atoms with Crippen molar-refractivity contribution in [1.82, 2.24) is 4.31 Å². The third kappa shape index (κ3) is 4.53. The second kappa shape index (κ2) is 7.90. The van der Waals surface area contributed by atoms with E-state index >= 15 is 0 Å². The van der Waals surface area contributed by atoms with Crippen molar-refractivity contribution >= 4 is 21.6 Å². The fourth-order valence-electron chi connectivity index (χ4n) is 2.90. The molecular formula is C16H25N3O3S. The zero-order valence-corrected chi connectivity index (χ0v) is 14.3. The van der Waals surface area contributed by atoms with Crippen LogP contribution in [0.2, 0.25) is 0 Å². The van der Waals surface area contributed by atoms with Crippen molar-refractivity contribution in [3.8, 4) is 0 Å². The summed E-state index contributed by atoms with van der Waals surface area (Å²) in [7, 11) is -1.91. The fraction of sp³-hybridized carbons (Fsp3) is 0.562. The first-order valence-corrected chi connectivity index (χ1v) is 9.47. The highest BCUT2D eigenvalue weighted by Crippen LogP contribution is 2.27. The number of hydrogen-bond acceptors (Lipinski definition) is 4. The Morgan fingerprint density at radius 3 is 2.65 bits per heavy atom. The molecule has 1 aromatic carbocycles. The second-order valence-electron chi connectivity index (χ2n) is 5.93. The van der Waals surface area contributed by atoms with E-state index in [0.717, 1.165) is 25.7 Å². The summed E-state index contributed by atoms with van der Waals surface area (Å²) in [6.45, 7) is 0.258. The highest BCUT2D eigenvalue weighted by molar-refractivity contribution is 7.89. The van der Waals surface area contributed by atoms with Crippen LogP contribution in [0.3, 0.4) is 0 Å². The van der Waals surface area contributed by atoms with Crippen LogP contribution < -0.4 is 11.1 Å². The van der Waals surface area contributed by atoms with Crippen LogP contribution in [0, 0.1) is 0 Å². The Morgan fingerprint density at radius 2 is 2.00 bits per heavy atom. The molecule has 128 valence electrons. The fourth-order valence-corrected chi connectivity index (χ4v) is 4.36. The van der Waals surface area contributed by atoms with Crippen molar-refractivity contribution < 1.29 is 13.2 Å². The molecule has 0 bridgehead atoms. The molecule has 23 heavy (non-hydrogen) atoms. The maximum atomic E-state index is 12.8. The zero-order valence-electron chi connectivity index (χ0n) is 13.5. The van der Waals surface area contributed by atoms with E-state index in [-0.39, 0.29) is 29.8 Å². The smallest absolute Gasteiger partial charge is 0.243 e. The standard InChI is InChI=1S/C16H25N3O3S/c1-19(14-7-3-2-4-8-14)23(21,22)15-9-5-6-13(12-15)18-16(20)10-11-17/h5-6,9,12,14H,2-4,7-8,10-11,17H2,1H3,(H,18,20). The van der Waals surface area contributed by atoms with Gasteiger partial charge in [-0.3, -0.25) is 4.79 Å². The Bertz CT molecular complexity index is 640. The number of nitrogens with one attached hydrogen (secondary N) is 1. The van der Waals surface area contributed by atoms with Gasteiger partial charge in [-0.2, -0.15) is 4.31 Å². The second-order valence-corrected chi connectivity index (χ2v) is 7.93. The Labute approximate surface area is 138 Å². The Balaban J connectivity index is 2.17. The number of nitrogens with zero attached hydrogens (tertiary/aromatic N) is 1. The van der Waals surface area contributed by atoms with E-state index < -0.39 is 10.0 Å². The van der Waals surface area contributed by atoms with E-state index in [0.29, 0.717) is 5.69 Å². The number of amides is 1. The van der Waals surface area contributed by atoms with Crippen LogP contribution in [-0.2, 0) is 14.8 Å². The number of sulfonamides is 1. The van der Waals surface area contributed by atoms with Crippen LogP contribution >= 0.6 is 0 Å². The molecule has 0 spiro atoms. The van der Waals surface area contributed by atoms with Crippen LogP contribution in [0.15, 0.2) is 29.2 Å². The number of nitrogens with two attached hydrogens (primary N) is 1. The maximum Gasteiger partial charge on any atom is 0.243 e. The van der Waals surface area contributed by atoms with Crippen molar-refractivity contribution in [3.05, 3.63) is 24.3 Å². The first-order valence-electron chi connectivity index (χ1n) is 8.03. The van der Waals surface area contributed by atoms with E-state index in [9.17, 15) is 13.2 Å². The highest BCUT2D eigenvalue weighted by Gasteiger charge is 2.29. The van der Waals surface area contributed by atoms with Gasteiger partial charge in [0.05, 0.1) is 4.90 Å². The number of carbonyl (C=O) groups excluding carboxylic acids is 1. The van der Waals surface area contributed by atoms with Crippen molar-refractivity contribution in [2.75, 3.05) is 18.9 Å². The van der Waals surface area contributed by atoms with Crippen LogP contribution in [0.25, 0.3) is 0 Å². The highest BCUT2D eigenvalue weighted by atomic mass is 32.2. The summed E-state index contributed by atoms with van der Waals surface area (Å²) >= 11 is 0. The molecule has 1 fully saturated rings. The predicted octanol–water partition coefficient (Wildman–Crippen LogP) is 1.93. The SMILES string of the molecule is CN(C1CCCCC1)S(=O)(=O)c1cccc(NC(=O)CCN)c1. The lowest BCUT2D eigenvalue weighted by atomic mass is 9.96. The zero-order chi connectivity index (χ0) is 16.9. The Kier molecular flexibility index (Phi) is 6.15. The molecule has 0 aliphatic heterocycles. The third-order valence-corrected chi connectivity index (χ3v) is 6.16. The summed E-state index contributed by atoms with van der Waals surface area (Å²) in [5.74, 6) is -0.220. The van der Waals surface area contributed by atoms with Gasteiger partial charge in [0, 0.05) is 31.7 Å². The molecule has 0 saturated heterocycles. The van der Waals surface area contributed by atoms with Gasteiger partial charge >= 0.3 is 0 Å². The van der Waals surface area contributed by atoms with Crippen molar-refractivity contribution in [3.63, 3.8) is 0 Å². The quantitative estimate of drug-likeness (QED) is 0.828. The minimum absolute atomic E-state index is 0.0595. The van der Waals surface area contributed by atoms with E-state index in [4.69, 9.17) is 5.73 Å².